The van der Waals surface area contributed by atoms with Crippen molar-refractivity contribution in [2.75, 3.05) is 0 Å². The van der Waals surface area contributed by atoms with Crippen LogP contribution in [0.15, 0.2) is 69.6 Å². The number of halogens is 1. The maximum Gasteiger partial charge on any atom is 0.184 e. The molecule has 0 radical (unpaired) electrons. The lowest BCUT2D eigenvalue weighted by Gasteiger charge is -2.07. The van der Waals surface area contributed by atoms with Crippen molar-refractivity contribution >= 4 is 23.1 Å². The van der Waals surface area contributed by atoms with Gasteiger partial charge in [0.1, 0.15) is 0 Å². The molecule has 0 amide bonds. The zero-order valence-corrected chi connectivity index (χ0v) is 11.5. The van der Waals surface area contributed by atoms with Crippen LogP contribution in [0.4, 0.5) is 5.69 Å². The first-order valence-corrected chi connectivity index (χ1v) is 6.22. The summed E-state index contributed by atoms with van der Waals surface area (Å²) in [6.45, 7) is 3.58. The Hall–Kier alpha value is -2.00. The molecule has 0 atom stereocenters. The van der Waals surface area contributed by atoms with Crippen LogP contribution < -0.4 is 0 Å². The van der Waals surface area contributed by atoms with Crippen molar-refractivity contribution in [3.8, 4) is 0 Å². The molecular formula is C15H13ClN2O. The zero-order valence-electron chi connectivity index (χ0n) is 10.7. The predicted molar refractivity (Wildman–Crippen MR) is 76.6 cm³/mol. The predicted octanol–water partition coefficient (Wildman–Crippen LogP) is 4.78. The second-order valence-electron chi connectivity index (χ2n) is 4.31. The lowest BCUT2D eigenvalue weighted by molar-refractivity contribution is -0.112. The fraction of sp³-hybridized carbons (Fsp3) is 0.133. The van der Waals surface area contributed by atoms with Gasteiger partial charge in [-0.25, -0.2) is 0 Å². The van der Waals surface area contributed by atoms with Crippen LogP contribution in [0, 0.1) is 0 Å². The van der Waals surface area contributed by atoms with Gasteiger partial charge in [-0.3, -0.25) is 4.79 Å². The molecule has 0 unspecified atom stereocenters. The number of ketones is 1. The molecule has 1 aromatic carbocycles. The Bertz CT molecular complexity index is 615. The molecule has 0 heterocycles. The van der Waals surface area contributed by atoms with E-state index in [-0.39, 0.29) is 5.78 Å². The number of hydrogen-bond acceptors (Lipinski definition) is 3. The van der Waals surface area contributed by atoms with Gasteiger partial charge < -0.3 is 0 Å². The molecule has 96 valence electrons. The molecule has 0 bridgehead atoms. The molecule has 0 aromatic heterocycles. The van der Waals surface area contributed by atoms with Gasteiger partial charge in [0.2, 0.25) is 0 Å². The van der Waals surface area contributed by atoms with Crippen molar-refractivity contribution in [2.45, 2.75) is 13.8 Å². The first kappa shape index (κ1) is 13.4. The summed E-state index contributed by atoms with van der Waals surface area (Å²) in [5.41, 5.74) is 2.98. The monoisotopic (exact) mass is 272 g/mol. The summed E-state index contributed by atoms with van der Waals surface area (Å²) in [5.74, 6) is 0.0731. The number of carbonyl (C=O) groups is 1. The van der Waals surface area contributed by atoms with Gasteiger partial charge in [-0.15, -0.1) is 0 Å². The molecule has 0 fully saturated rings. The third-order valence-electron chi connectivity index (χ3n) is 2.67. The van der Waals surface area contributed by atoms with E-state index in [0.29, 0.717) is 21.9 Å². The quantitative estimate of drug-likeness (QED) is 0.714. The Morgan fingerprint density at radius 1 is 1.16 bits per heavy atom. The number of azo groups is 1. The summed E-state index contributed by atoms with van der Waals surface area (Å²) in [4.78, 5) is 11.6. The molecule has 0 saturated carbocycles. The number of benzene rings is 1. The molecule has 2 rings (SSSR count). The van der Waals surface area contributed by atoms with Crippen LogP contribution in [-0.2, 0) is 4.79 Å². The Morgan fingerprint density at radius 2 is 1.84 bits per heavy atom. The molecule has 3 nitrogen and oxygen atoms in total. The molecule has 0 saturated heterocycles. The highest BCUT2D eigenvalue weighted by molar-refractivity contribution is 6.30. The normalized spacial score (nSPS) is 15.5. The van der Waals surface area contributed by atoms with Crippen LogP contribution in [0.3, 0.4) is 0 Å². The molecule has 1 aliphatic carbocycles. The zero-order chi connectivity index (χ0) is 13.8. The molecule has 1 aliphatic rings. The molecule has 4 heteroatoms. The standard InChI is InChI=1S/C15H13ClN2O/c1-10-6-12(7-11(2)15(10)19)9-17-18-14-5-3-4-13(16)8-14/h3-9H,1-2H3. The van der Waals surface area contributed by atoms with Gasteiger partial charge in [0, 0.05) is 5.02 Å². The van der Waals surface area contributed by atoms with Gasteiger partial charge in [-0.1, -0.05) is 17.7 Å². The summed E-state index contributed by atoms with van der Waals surface area (Å²) in [6, 6.07) is 7.15. The number of allylic oxidation sites excluding steroid dienone is 5. The average Bonchev–Trinajstić information content (AvgIpc) is 2.36. The summed E-state index contributed by atoms with van der Waals surface area (Å²) < 4.78 is 0. The highest BCUT2D eigenvalue weighted by Gasteiger charge is 2.12. The van der Waals surface area contributed by atoms with Crippen molar-refractivity contribution in [3.63, 3.8) is 0 Å². The summed E-state index contributed by atoms with van der Waals surface area (Å²) in [5, 5.41) is 8.68. The Morgan fingerprint density at radius 3 is 2.47 bits per heavy atom. The first-order chi connectivity index (χ1) is 9.06. The van der Waals surface area contributed by atoms with Crippen molar-refractivity contribution < 1.29 is 4.79 Å². The van der Waals surface area contributed by atoms with Gasteiger partial charge in [0.15, 0.2) is 5.78 Å². The van der Waals surface area contributed by atoms with E-state index >= 15 is 0 Å². The second-order valence-corrected chi connectivity index (χ2v) is 4.74. The fourth-order valence-corrected chi connectivity index (χ4v) is 1.94. The van der Waals surface area contributed by atoms with E-state index in [9.17, 15) is 4.79 Å². The van der Waals surface area contributed by atoms with Crippen molar-refractivity contribution in [3.05, 3.63) is 64.4 Å². The Labute approximate surface area is 117 Å². The number of nitrogens with zero attached hydrogens (tertiary/aromatic N) is 2. The number of rotatable bonds is 2. The van der Waals surface area contributed by atoms with Crippen LogP contribution in [0.1, 0.15) is 13.8 Å². The summed E-state index contributed by atoms with van der Waals surface area (Å²) in [7, 11) is 0. The smallest absolute Gasteiger partial charge is 0.184 e. The minimum atomic E-state index is 0.0731. The topological polar surface area (TPSA) is 41.8 Å². The third kappa shape index (κ3) is 3.48. The molecule has 0 aliphatic heterocycles. The lowest BCUT2D eigenvalue weighted by atomic mass is 9.96. The highest BCUT2D eigenvalue weighted by Crippen LogP contribution is 2.20. The molecule has 1 aromatic rings. The van der Waals surface area contributed by atoms with E-state index < -0.39 is 0 Å². The van der Waals surface area contributed by atoms with E-state index in [4.69, 9.17) is 11.6 Å². The van der Waals surface area contributed by atoms with Gasteiger partial charge in [0.25, 0.3) is 0 Å². The van der Waals surface area contributed by atoms with Crippen molar-refractivity contribution in [2.24, 2.45) is 10.2 Å². The van der Waals surface area contributed by atoms with Gasteiger partial charge in [-0.2, -0.15) is 10.2 Å². The van der Waals surface area contributed by atoms with Crippen LogP contribution in [0.5, 0.6) is 0 Å². The average molecular weight is 273 g/mol. The van der Waals surface area contributed by atoms with E-state index in [1.54, 1.807) is 44.3 Å². The molecular weight excluding hydrogens is 260 g/mol. The third-order valence-corrected chi connectivity index (χ3v) is 2.91. The maximum atomic E-state index is 11.6. The molecule has 0 spiro atoms. The number of hydrogen-bond donors (Lipinski definition) is 0. The fourth-order valence-electron chi connectivity index (χ4n) is 1.76. The van der Waals surface area contributed by atoms with E-state index in [1.807, 2.05) is 12.1 Å². The van der Waals surface area contributed by atoms with E-state index in [2.05, 4.69) is 10.2 Å². The van der Waals surface area contributed by atoms with E-state index in [1.165, 1.54) is 0 Å². The molecule has 19 heavy (non-hydrogen) atoms. The number of carbonyl (C=O) groups excluding carboxylic acids is 1. The minimum absolute atomic E-state index is 0.0731. The lowest BCUT2D eigenvalue weighted by Crippen LogP contribution is -2.05. The highest BCUT2D eigenvalue weighted by atomic mass is 35.5. The van der Waals surface area contributed by atoms with Crippen LogP contribution in [0.25, 0.3) is 0 Å². The number of Topliss-reactive ketones (excluding diaryl/α,β-unsaturated/α-hetero) is 1. The van der Waals surface area contributed by atoms with Gasteiger partial charge in [0.05, 0.1) is 11.9 Å². The SMILES string of the molecule is CC1=CC(=CN=Nc2cccc(Cl)c2)C=C(C)C1=O. The van der Waals surface area contributed by atoms with Crippen molar-refractivity contribution in [1.29, 1.82) is 0 Å². The minimum Gasteiger partial charge on any atom is -0.289 e. The Kier molecular flexibility index (Phi) is 4.07. The maximum absolute atomic E-state index is 11.6. The van der Waals surface area contributed by atoms with Crippen molar-refractivity contribution in [1.82, 2.24) is 0 Å². The summed E-state index contributed by atoms with van der Waals surface area (Å²) in [6.07, 6.45) is 5.22. The van der Waals surface area contributed by atoms with Gasteiger partial charge in [-0.05, 0) is 60.9 Å². The molecule has 0 N–H and O–H groups in total. The van der Waals surface area contributed by atoms with Crippen LogP contribution >= 0.6 is 11.6 Å². The van der Waals surface area contributed by atoms with Gasteiger partial charge >= 0.3 is 0 Å². The Balaban J connectivity index is 2.18. The van der Waals surface area contributed by atoms with Crippen LogP contribution in [0.2, 0.25) is 5.02 Å². The summed E-state index contributed by atoms with van der Waals surface area (Å²) >= 11 is 5.85. The van der Waals surface area contributed by atoms with Crippen LogP contribution in [-0.4, -0.2) is 5.78 Å². The second kappa shape index (κ2) is 5.76. The first-order valence-electron chi connectivity index (χ1n) is 5.84. The largest absolute Gasteiger partial charge is 0.289 e. The van der Waals surface area contributed by atoms with E-state index in [0.717, 1.165) is 5.57 Å².